The van der Waals surface area contributed by atoms with Crippen molar-refractivity contribution in [2.75, 3.05) is 13.1 Å². The standard InChI is InChI=1S/C20H15F2N3O4/c21-15-6-3-11(9-16(15)22)23-17-18(24-7-1-2-8-24)20(27)13-5-4-12(25(28)29)10-14(13)19(17)26/h3-6,9-10,18H,1-2,7-8H2. The largest absolute Gasteiger partial charge is 0.292 e. The van der Waals surface area contributed by atoms with E-state index in [9.17, 15) is 28.5 Å². The molecule has 1 atom stereocenters. The summed E-state index contributed by atoms with van der Waals surface area (Å²) >= 11 is 0. The number of hydrogen-bond acceptors (Lipinski definition) is 6. The molecule has 0 bridgehead atoms. The van der Waals surface area contributed by atoms with Crippen LogP contribution in [0.25, 0.3) is 0 Å². The minimum atomic E-state index is -1.13. The maximum absolute atomic E-state index is 13.6. The third kappa shape index (κ3) is 3.33. The number of nitrogens with zero attached hydrogens (tertiary/aromatic N) is 3. The normalized spacial score (nSPS) is 20.9. The molecule has 1 heterocycles. The predicted molar refractivity (Wildman–Crippen MR) is 99.8 cm³/mol. The highest BCUT2D eigenvalue weighted by Crippen LogP contribution is 2.30. The molecule has 0 N–H and O–H groups in total. The molecule has 1 saturated heterocycles. The fraction of sp³-hybridized carbons (Fsp3) is 0.250. The van der Waals surface area contributed by atoms with Crippen molar-refractivity contribution in [3.05, 3.63) is 69.3 Å². The molecule has 0 saturated carbocycles. The molecule has 7 nitrogen and oxygen atoms in total. The number of non-ortho nitro benzene ring substituents is 1. The lowest BCUT2D eigenvalue weighted by Gasteiger charge is -2.31. The molecule has 1 fully saturated rings. The van der Waals surface area contributed by atoms with Crippen molar-refractivity contribution in [1.82, 2.24) is 4.90 Å². The number of ketones is 2. The van der Waals surface area contributed by atoms with Gasteiger partial charge in [-0.3, -0.25) is 24.6 Å². The highest BCUT2D eigenvalue weighted by Gasteiger charge is 2.43. The molecule has 2 aromatic carbocycles. The molecule has 29 heavy (non-hydrogen) atoms. The van der Waals surface area contributed by atoms with E-state index in [0.717, 1.165) is 31.0 Å². The predicted octanol–water partition coefficient (Wildman–Crippen LogP) is 3.49. The number of carbonyl (C=O) groups is 2. The van der Waals surface area contributed by atoms with Gasteiger partial charge in [-0.05, 0) is 44.1 Å². The van der Waals surface area contributed by atoms with Crippen molar-refractivity contribution in [3.8, 4) is 0 Å². The highest BCUT2D eigenvalue weighted by molar-refractivity contribution is 6.55. The molecular formula is C20H15F2N3O4. The lowest BCUT2D eigenvalue weighted by atomic mass is 9.83. The molecule has 0 radical (unpaired) electrons. The van der Waals surface area contributed by atoms with Crippen LogP contribution in [0.5, 0.6) is 0 Å². The summed E-state index contributed by atoms with van der Waals surface area (Å²) < 4.78 is 26.8. The Hall–Kier alpha value is -3.33. The van der Waals surface area contributed by atoms with Gasteiger partial charge in [0.15, 0.2) is 17.4 Å². The Bertz CT molecular complexity index is 1080. The van der Waals surface area contributed by atoms with E-state index in [-0.39, 0.29) is 28.2 Å². The van der Waals surface area contributed by atoms with Gasteiger partial charge in [0.2, 0.25) is 5.78 Å². The van der Waals surface area contributed by atoms with Crippen LogP contribution in [-0.2, 0) is 0 Å². The van der Waals surface area contributed by atoms with Crippen LogP contribution in [0.1, 0.15) is 33.6 Å². The first kappa shape index (κ1) is 19.0. The molecule has 2 aromatic rings. The van der Waals surface area contributed by atoms with E-state index in [0.29, 0.717) is 13.1 Å². The molecule has 9 heteroatoms. The van der Waals surface area contributed by atoms with Crippen LogP contribution in [0.4, 0.5) is 20.2 Å². The summed E-state index contributed by atoms with van der Waals surface area (Å²) in [7, 11) is 0. The first-order valence-corrected chi connectivity index (χ1v) is 9.02. The Labute approximate surface area is 163 Å². The zero-order valence-electron chi connectivity index (χ0n) is 15.1. The number of carbonyl (C=O) groups excluding carboxylic acids is 2. The van der Waals surface area contributed by atoms with Crippen LogP contribution in [0, 0.1) is 21.7 Å². The molecular weight excluding hydrogens is 384 g/mol. The number of Topliss-reactive ketones (excluding diaryl/α,β-unsaturated/α-hetero) is 2. The topological polar surface area (TPSA) is 92.9 Å². The molecule has 148 valence electrons. The van der Waals surface area contributed by atoms with Gasteiger partial charge in [0.1, 0.15) is 11.8 Å². The maximum Gasteiger partial charge on any atom is 0.270 e. The highest BCUT2D eigenvalue weighted by atomic mass is 19.2. The molecule has 0 aromatic heterocycles. The van der Waals surface area contributed by atoms with E-state index in [1.54, 1.807) is 0 Å². The third-order valence-electron chi connectivity index (χ3n) is 5.12. The summed E-state index contributed by atoms with van der Waals surface area (Å²) in [5.41, 5.74) is -0.492. The Morgan fingerprint density at radius 2 is 1.72 bits per heavy atom. The first-order valence-electron chi connectivity index (χ1n) is 9.02. The fourth-order valence-corrected chi connectivity index (χ4v) is 3.73. The number of nitro groups is 1. The van der Waals surface area contributed by atoms with Crippen molar-refractivity contribution < 1.29 is 23.3 Å². The minimum Gasteiger partial charge on any atom is -0.292 e. The van der Waals surface area contributed by atoms with Crippen molar-refractivity contribution in [2.24, 2.45) is 4.99 Å². The van der Waals surface area contributed by atoms with Crippen LogP contribution in [0.2, 0.25) is 0 Å². The summed E-state index contributed by atoms with van der Waals surface area (Å²) in [6, 6.07) is 5.47. The summed E-state index contributed by atoms with van der Waals surface area (Å²) in [6.45, 7) is 1.17. The quantitative estimate of drug-likeness (QED) is 0.582. The zero-order valence-corrected chi connectivity index (χ0v) is 15.1. The molecule has 1 unspecified atom stereocenters. The average molecular weight is 399 g/mol. The summed E-state index contributed by atoms with van der Waals surface area (Å²) in [5, 5.41) is 11.1. The van der Waals surface area contributed by atoms with Gasteiger partial charge in [-0.15, -0.1) is 0 Å². The monoisotopic (exact) mass is 399 g/mol. The Kier molecular flexibility index (Phi) is 4.75. The van der Waals surface area contributed by atoms with Crippen molar-refractivity contribution in [2.45, 2.75) is 18.9 Å². The van der Waals surface area contributed by atoms with Crippen molar-refractivity contribution >= 4 is 28.7 Å². The number of aliphatic imine (C=N–C) groups is 1. The van der Waals surface area contributed by atoms with Gasteiger partial charge in [0.25, 0.3) is 5.69 Å². The van der Waals surface area contributed by atoms with Crippen LogP contribution in [-0.4, -0.2) is 46.2 Å². The van der Waals surface area contributed by atoms with Gasteiger partial charge >= 0.3 is 0 Å². The maximum atomic E-state index is 13.6. The molecule has 1 aliphatic carbocycles. The van der Waals surface area contributed by atoms with Gasteiger partial charge in [-0.25, -0.2) is 13.8 Å². The van der Waals surface area contributed by atoms with Gasteiger partial charge in [-0.2, -0.15) is 0 Å². The lowest BCUT2D eigenvalue weighted by Crippen LogP contribution is -2.51. The van der Waals surface area contributed by atoms with Gasteiger partial charge in [0, 0.05) is 29.3 Å². The van der Waals surface area contributed by atoms with E-state index in [2.05, 4.69) is 4.99 Å². The second-order valence-electron chi connectivity index (χ2n) is 6.92. The fourth-order valence-electron chi connectivity index (χ4n) is 3.73. The summed E-state index contributed by atoms with van der Waals surface area (Å²) in [5.74, 6) is -3.21. The van der Waals surface area contributed by atoms with Crippen molar-refractivity contribution in [3.63, 3.8) is 0 Å². The second-order valence-corrected chi connectivity index (χ2v) is 6.92. The number of fused-ring (bicyclic) bond motifs is 1. The van der Waals surface area contributed by atoms with Crippen LogP contribution >= 0.6 is 0 Å². The first-order chi connectivity index (χ1) is 13.9. The summed E-state index contributed by atoms with van der Waals surface area (Å²) in [4.78, 5) is 42.8. The summed E-state index contributed by atoms with van der Waals surface area (Å²) in [6.07, 6.45) is 1.70. The number of rotatable bonds is 3. The Balaban J connectivity index is 1.88. The third-order valence-corrected chi connectivity index (χ3v) is 5.12. The molecule has 0 spiro atoms. The second kappa shape index (κ2) is 7.25. The van der Waals surface area contributed by atoms with E-state index < -0.39 is 34.2 Å². The van der Waals surface area contributed by atoms with Gasteiger partial charge in [0.05, 0.1) is 10.6 Å². The number of halogens is 2. The molecule has 4 rings (SSSR count). The number of hydrogen-bond donors (Lipinski definition) is 0. The number of likely N-dealkylation sites (tertiary alicyclic amines) is 1. The van der Waals surface area contributed by atoms with E-state index in [1.807, 2.05) is 4.90 Å². The van der Waals surface area contributed by atoms with E-state index in [4.69, 9.17) is 0 Å². The number of benzene rings is 2. The van der Waals surface area contributed by atoms with Gasteiger partial charge in [-0.1, -0.05) is 0 Å². The zero-order chi connectivity index (χ0) is 20.7. The van der Waals surface area contributed by atoms with Crippen molar-refractivity contribution in [1.29, 1.82) is 0 Å². The lowest BCUT2D eigenvalue weighted by molar-refractivity contribution is -0.384. The Morgan fingerprint density at radius 3 is 2.38 bits per heavy atom. The van der Waals surface area contributed by atoms with Crippen LogP contribution in [0.3, 0.4) is 0 Å². The molecule has 0 amide bonds. The van der Waals surface area contributed by atoms with E-state index >= 15 is 0 Å². The molecule has 1 aliphatic heterocycles. The van der Waals surface area contributed by atoms with E-state index in [1.165, 1.54) is 18.2 Å². The van der Waals surface area contributed by atoms with Crippen LogP contribution < -0.4 is 0 Å². The minimum absolute atomic E-state index is 0.0156. The SMILES string of the molecule is O=C1C(=Nc2ccc(F)c(F)c2)C(N2CCCC2)C(=O)c2ccc([N+](=O)[O-])cc21. The Morgan fingerprint density at radius 1 is 1.00 bits per heavy atom. The number of nitro benzene ring substituents is 1. The van der Waals surface area contributed by atoms with Crippen LogP contribution in [0.15, 0.2) is 41.4 Å². The molecule has 2 aliphatic rings. The smallest absolute Gasteiger partial charge is 0.270 e. The average Bonchev–Trinajstić information content (AvgIpc) is 3.22. The van der Waals surface area contributed by atoms with Gasteiger partial charge < -0.3 is 0 Å².